The molecular weight excluding hydrogens is 258 g/mol. The SMILES string of the molecule is CN(C(=O)c1cccnc1)c1ccc(N)cc1C(=O)O. The number of hydrogen-bond donors (Lipinski definition) is 2. The molecule has 20 heavy (non-hydrogen) atoms. The van der Waals surface area contributed by atoms with Crippen molar-refractivity contribution in [2.24, 2.45) is 0 Å². The topological polar surface area (TPSA) is 96.5 Å². The molecule has 2 rings (SSSR count). The lowest BCUT2D eigenvalue weighted by Gasteiger charge is -2.19. The summed E-state index contributed by atoms with van der Waals surface area (Å²) < 4.78 is 0. The maximum atomic E-state index is 12.3. The summed E-state index contributed by atoms with van der Waals surface area (Å²) >= 11 is 0. The van der Waals surface area contributed by atoms with Gasteiger partial charge in [0.1, 0.15) is 0 Å². The summed E-state index contributed by atoms with van der Waals surface area (Å²) in [5.41, 5.74) is 6.54. The number of nitrogens with zero attached hydrogens (tertiary/aromatic N) is 2. The Morgan fingerprint density at radius 2 is 2.05 bits per heavy atom. The van der Waals surface area contributed by atoms with Crippen LogP contribution in [0.3, 0.4) is 0 Å². The number of aromatic carboxylic acids is 1. The van der Waals surface area contributed by atoms with Crippen LogP contribution >= 0.6 is 0 Å². The summed E-state index contributed by atoms with van der Waals surface area (Å²) in [6.07, 6.45) is 2.99. The van der Waals surface area contributed by atoms with Crippen molar-refractivity contribution in [3.05, 3.63) is 53.9 Å². The fraction of sp³-hybridized carbons (Fsp3) is 0.0714. The molecule has 2 aromatic rings. The number of carboxylic acids is 1. The minimum absolute atomic E-state index is 0.0234. The number of rotatable bonds is 3. The van der Waals surface area contributed by atoms with Crippen molar-refractivity contribution in [3.8, 4) is 0 Å². The van der Waals surface area contributed by atoms with E-state index in [4.69, 9.17) is 5.73 Å². The van der Waals surface area contributed by atoms with Crippen LogP contribution in [0.1, 0.15) is 20.7 Å². The first kappa shape index (κ1) is 13.5. The number of nitrogens with two attached hydrogens (primary N) is 1. The highest BCUT2D eigenvalue weighted by molar-refractivity contribution is 6.09. The number of carbonyl (C=O) groups is 2. The first-order valence-electron chi connectivity index (χ1n) is 5.81. The lowest BCUT2D eigenvalue weighted by molar-refractivity contribution is 0.0698. The number of amides is 1. The van der Waals surface area contributed by atoms with Gasteiger partial charge in [-0.2, -0.15) is 0 Å². The van der Waals surface area contributed by atoms with Gasteiger partial charge in [0.25, 0.3) is 5.91 Å². The number of carboxylic acid groups (broad SMARTS) is 1. The second-order valence-electron chi connectivity index (χ2n) is 4.19. The molecule has 6 nitrogen and oxygen atoms in total. The number of aromatic nitrogens is 1. The highest BCUT2D eigenvalue weighted by Crippen LogP contribution is 2.23. The number of hydrogen-bond acceptors (Lipinski definition) is 4. The fourth-order valence-corrected chi connectivity index (χ4v) is 1.81. The molecule has 0 aliphatic carbocycles. The largest absolute Gasteiger partial charge is 0.478 e. The van der Waals surface area contributed by atoms with Crippen molar-refractivity contribution in [2.45, 2.75) is 0 Å². The van der Waals surface area contributed by atoms with Crippen LogP contribution in [0.5, 0.6) is 0 Å². The van der Waals surface area contributed by atoms with Crippen molar-refractivity contribution in [3.63, 3.8) is 0 Å². The third kappa shape index (κ3) is 2.59. The molecule has 0 aliphatic heterocycles. The zero-order chi connectivity index (χ0) is 14.7. The van der Waals surface area contributed by atoms with E-state index in [1.165, 1.54) is 30.3 Å². The van der Waals surface area contributed by atoms with Crippen LogP contribution in [-0.4, -0.2) is 29.0 Å². The monoisotopic (exact) mass is 271 g/mol. The van der Waals surface area contributed by atoms with Crippen LogP contribution in [0.2, 0.25) is 0 Å². The van der Waals surface area contributed by atoms with Gasteiger partial charge in [0.15, 0.2) is 0 Å². The smallest absolute Gasteiger partial charge is 0.337 e. The van der Waals surface area contributed by atoms with E-state index in [0.29, 0.717) is 11.3 Å². The zero-order valence-electron chi connectivity index (χ0n) is 10.8. The Morgan fingerprint density at radius 1 is 1.30 bits per heavy atom. The van der Waals surface area contributed by atoms with Gasteiger partial charge in [0.2, 0.25) is 0 Å². The Labute approximate surface area is 115 Å². The summed E-state index contributed by atoms with van der Waals surface area (Å²) in [6, 6.07) is 7.64. The quantitative estimate of drug-likeness (QED) is 0.827. The molecule has 0 radical (unpaired) electrons. The Morgan fingerprint density at radius 3 is 2.65 bits per heavy atom. The molecule has 102 valence electrons. The van der Waals surface area contributed by atoms with Crippen molar-refractivity contribution in [1.82, 2.24) is 4.98 Å². The van der Waals surface area contributed by atoms with Crippen LogP contribution < -0.4 is 10.6 Å². The molecule has 0 atom stereocenters. The van der Waals surface area contributed by atoms with Crippen LogP contribution in [0.4, 0.5) is 11.4 Å². The molecule has 0 aliphatic rings. The van der Waals surface area contributed by atoms with Crippen LogP contribution in [0.25, 0.3) is 0 Å². The van der Waals surface area contributed by atoms with E-state index in [2.05, 4.69) is 4.98 Å². The van der Waals surface area contributed by atoms with Gasteiger partial charge in [-0.25, -0.2) is 4.79 Å². The summed E-state index contributed by atoms with van der Waals surface area (Å²) in [5.74, 6) is -1.48. The van der Waals surface area contributed by atoms with Gasteiger partial charge in [0.05, 0.1) is 16.8 Å². The van der Waals surface area contributed by atoms with E-state index in [1.54, 1.807) is 24.4 Å². The Hall–Kier alpha value is -2.89. The zero-order valence-corrected chi connectivity index (χ0v) is 10.8. The van der Waals surface area contributed by atoms with Gasteiger partial charge in [-0.3, -0.25) is 9.78 Å². The van der Waals surface area contributed by atoms with E-state index in [-0.39, 0.29) is 17.2 Å². The molecule has 0 fully saturated rings. The Bertz CT molecular complexity index is 656. The molecule has 1 heterocycles. The maximum Gasteiger partial charge on any atom is 0.337 e. The predicted octanol–water partition coefficient (Wildman–Crippen LogP) is 1.64. The average molecular weight is 271 g/mol. The molecule has 6 heteroatoms. The van der Waals surface area contributed by atoms with Gasteiger partial charge in [-0.1, -0.05) is 0 Å². The fourth-order valence-electron chi connectivity index (χ4n) is 1.81. The molecule has 0 unspecified atom stereocenters. The second kappa shape index (κ2) is 5.40. The van der Waals surface area contributed by atoms with Crippen molar-refractivity contribution in [2.75, 3.05) is 17.7 Å². The second-order valence-corrected chi connectivity index (χ2v) is 4.19. The van der Waals surface area contributed by atoms with E-state index in [1.807, 2.05) is 0 Å². The molecular formula is C14H13N3O3. The van der Waals surface area contributed by atoms with E-state index >= 15 is 0 Å². The standard InChI is InChI=1S/C14H13N3O3/c1-17(13(18)9-3-2-6-16-8-9)12-5-4-10(15)7-11(12)14(19)20/h2-8H,15H2,1H3,(H,19,20). The van der Waals surface area contributed by atoms with Gasteiger partial charge in [0, 0.05) is 25.1 Å². The predicted molar refractivity (Wildman–Crippen MR) is 74.8 cm³/mol. The first-order valence-corrected chi connectivity index (χ1v) is 5.81. The average Bonchev–Trinajstić information content (AvgIpc) is 2.46. The third-order valence-corrected chi connectivity index (χ3v) is 2.83. The van der Waals surface area contributed by atoms with Gasteiger partial charge < -0.3 is 15.7 Å². The maximum absolute atomic E-state index is 12.3. The van der Waals surface area contributed by atoms with Crippen molar-refractivity contribution in [1.29, 1.82) is 0 Å². The first-order chi connectivity index (χ1) is 9.50. The minimum Gasteiger partial charge on any atom is -0.478 e. The molecule has 0 spiro atoms. The highest BCUT2D eigenvalue weighted by atomic mass is 16.4. The molecule has 0 saturated heterocycles. The molecule has 0 bridgehead atoms. The van der Waals surface area contributed by atoms with E-state index in [9.17, 15) is 14.7 Å². The summed E-state index contributed by atoms with van der Waals surface area (Å²) in [6.45, 7) is 0. The number of benzene rings is 1. The minimum atomic E-state index is -1.14. The van der Waals surface area contributed by atoms with Crippen molar-refractivity contribution >= 4 is 23.3 Å². The highest BCUT2D eigenvalue weighted by Gasteiger charge is 2.19. The van der Waals surface area contributed by atoms with Crippen LogP contribution in [-0.2, 0) is 0 Å². The lowest BCUT2D eigenvalue weighted by atomic mass is 10.1. The van der Waals surface area contributed by atoms with E-state index in [0.717, 1.165) is 0 Å². The molecule has 1 aromatic heterocycles. The van der Waals surface area contributed by atoms with Crippen LogP contribution in [0.15, 0.2) is 42.7 Å². The number of carbonyl (C=O) groups excluding carboxylic acids is 1. The normalized spacial score (nSPS) is 10.1. The van der Waals surface area contributed by atoms with Gasteiger partial charge in [-0.15, -0.1) is 0 Å². The van der Waals surface area contributed by atoms with Crippen LogP contribution in [0, 0.1) is 0 Å². The molecule has 3 N–H and O–H groups in total. The molecule has 1 aromatic carbocycles. The van der Waals surface area contributed by atoms with Gasteiger partial charge in [-0.05, 0) is 30.3 Å². The number of pyridine rings is 1. The Kier molecular flexibility index (Phi) is 3.65. The molecule has 0 saturated carbocycles. The Balaban J connectivity index is 2.41. The number of anilines is 2. The van der Waals surface area contributed by atoms with Crippen molar-refractivity contribution < 1.29 is 14.7 Å². The summed E-state index contributed by atoms with van der Waals surface area (Å²) in [7, 11) is 1.51. The lowest BCUT2D eigenvalue weighted by Crippen LogP contribution is -2.28. The summed E-state index contributed by atoms with van der Waals surface area (Å²) in [4.78, 5) is 28.6. The number of nitrogen functional groups attached to an aromatic ring is 1. The molecule has 1 amide bonds. The third-order valence-electron chi connectivity index (χ3n) is 2.83. The van der Waals surface area contributed by atoms with Gasteiger partial charge >= 0.3 is 5.97 Å². The van der Waals surface area contributed by atoms with E-state index < -0.39 is 5.97 Å². The summed E-state index contributed by atoms with van der Waals surface area (Å²) in [5, 5.41) is 9.19.